The number of rotatable bonds is 1. The number of amidine groups is 1. The Morgan fingerprint density at radius 2 is 2.29 bits per heavy atom. The molecule has 1 atom stereocenters. The van der Waals surface area contributed by atoms with Crippen LogP contribution in [0.15, 0.2) is 32.1 Å². The lowest BCUT2D eigenvalue weighted by Gasteiger charge is -2.18. The van der Waals surface area contributed by atoms with Gasteiger partial charge in [-0.2, -0.15) is 0 Å². The highest BCUT2D eigenvalue weighted by atomic mass is 79.9. The normalized spacial score (nSPS) is 21.9. The lowest BCUT2D eigenvalue weighted by atomic mass is 10.2. The largest absolute Gasteiger partial charge is 0.320 e. The van der Waals surface area contributed by atoms with E-state index in [9.17, 15) is 0 Å². The zero-order valence-corrected chi connectivity index (χ0v) is 10.7. The Kier molecular flexibility index (Phi) is 3.17. The summed E-state index contributed by atoms with van der Waals surface area (Å²) in [6.07, 6.45) is 0. The minimum atomic E-state index is -0.115. The predicted molar refractivity (Wildman–Crippen MR) is 65.3 cm³/mol. The molecule has 0 spiro atoms. The highest BCUT2D eigenvalue weighted by Crippen LogP contribution is 2.37. The molecule has 0 aromatic carbocycles. The maximum atomic E-state index is 5.93. The van der Waals surface area contributed by atoms with Crippen molar-refractivity contribution in [3.05, 3.63) is 32.0 Å². The summed E-state index contributed by atoms with van der Waals surface area (Å²) in [5.41, 5.74) is 0. The van der Waals surface area contributed by atoms with Gasteiger partial charge in [0.15, 0.2) is 5.29 Å². The summed E-state index contributed by atoms with van der Waals surface area (Å²) in [6.45, 7) is 0. The van der Waals surface area contributed by atoms with Crippen LogP contribution in [-0.4, -0.2) is 5.29 Å². The van der Waals surface area contributed by atoms with Gasteiger partial charge in [0.05, 0.1) is 4.48 Å². The Labute approximate surface area is 104 Å². The van der Waals surface area contributed by atoms with Gasteiger partial charge in [-0.15, -0.1) is 11.3 Å². The van der Waals surface area contributed by atoms with Crippen molar-refractivity contribution in [3.63, 3.8) is 0 Å². The van der Waals surface area contributed by atoms with Crippen molar-refractivity contribution in [2.45, 2.75) is 6.04 Å². The molecule has 6 heteroatoms. The zero-order valence-electron chi connectivity index (χ0n) is 6.80. The van der Waals surface area contributed by atoms with E-state index in [2.05, 4.69) is 26.2 Å². The molecule has 0 aliphatic carbocycles. The van der Waals surface area contributed by atoms with E-state index in [1.807, 2.05) is 17.5 Å². The number of hydrogen-bond donors (Lipinski definition) is 1. The molecular weight excluding hydrogens is 307 g/mol. The van der Waals surface area contributed by atoms with E-state index < -0.39 is 0 Å². The van der Waals surface area contributed by atoms with Gasteiger partial charge in [0.1, 0.15) is 11.2 Å². The SMILES string of the molecule is ClC1=NC(c2cccs2)C(Br)=C(Cl)N1. The van der Waals surface area contributed by atoms with E-state index in [-0.39, 0.29) is 6.04 Å². The van der Waals surface area contributed by atoms with Crippen LogP contribution in [0.1, 0.15) is 10.9 Å². The number of thiophene rings is 1. The summed E-state index contributed by atoms with van der Waals surface area (Å²) in [5, 5.41) is 5.54. The van der Waals surface area contributed by atoms with E-state index in [4.69, 9.17) is 23.2 Å². The first kappa shape index (κ1) is 10.5. The maximum Gasteiger partial charge on any atom is 0.197 e. The molecule has 0 saturated heterocycles. The number of aliphatic imine (C=N–C) groups is 1. The third kappa shape index (κ3) is 1.98. The van der Waals surface area contributed by atoms with Gasteiger partial charge in [0.25, 0.3) is 0 Å². The van der Waals surface area contributed by atoms with E-state index in [0.717, 1.165) is 9.36 Å². The molecule has 1 aromatic heterocycles. The Morgan fingerprint density at radius 1 is 1.50 bits per heavy atom. The van der Waals surface area contributed by atoms with E-state index in [1.165, 1.54) is 0 Å². The highest BCUT2D eigenvalue weighted by Gasteiger charge is 2.23. The molecule has 1 unspecified atom stereocenters. The van der Waals surface area contributed by atoms with Crippen LogP contribution < -0.4 is 5.32 Å². The number of halogens is 3. The van der Waals surface area contributed by atoms with Crippen molar-refractivity contribution in [3.8, 4) is 0 Å². The van der Waals surface area contributed by atoms with Crippen LogP contribution in [0.25, 0.3) is 0 Å². The Morgan fingerprint density at radius 3 is 2.93 bits per heavy atom. The summed E-state index contributed by atoms with van der Waals surface area (Å²) in [6, 6.07) is 3.86. The third-order valence-electron chi connectivity index (χ3n) is 1.72. The number of nitrogens with zero attached hydrogens (tertiary/aromatic N) is 1. The molecule has 74 valence electrons. The van der Waals surface area contributed by atoms with E-state index >= 15 is 0 Å². The molecule has 0 saturated carbocycles. The first-order chi connectivity index (χ1) is 6.68. The van der Waals surface area contributed by atoms with Crippen LogP contribution in [0.4, 0.5) is 0 Å². The van der Waals surface area contributed by atoms with Gasteiger partial charge in [-0.05, 0) is 39.0 Å². The number of hydrogen-bond acceptors (Lipinski definition) is 3. The molecule has 2 rings (SSSR count). The highest BCUT2D eigenvalue weighted by molar-refractivity contribution is 9.11. The van der Waals surface area contributed by atoms with Crippen LogP contribution in [-0.2, 0) is 0 Å². The van der Waals surface area contributed by atoms with Gasteiger partial charge in [0.2, 0.25) is 0 Å². The van der Waals surface area contributed by atoms with Gasteiger partial charge in [-0.25, -0.2) is 4.99 Å². The summed E-state index contributed by atoms with van der Waals surface area (Å²) in [4.78, 5) is 5.35. The molecule has 0 radical (unpaired) electrons. The summed E-state index contributed by atoms with van der Waals surface area (Å²) < 4.78 is 0.811. The Balaban J connectivity index is 2.39. The molecule has 0 bridgehead atoms. The third-order valence-corrected chi connectivity index (χ3v) is 4.19. The summed E-state index contributed by atoms with van der Waals surface area (Å²) in [5.74, 6) is 0. The van der Waals surface area contributed by atoms with Crippen molar-refractivity contribution in [2.75, 3.05) is 0 Å². The molecule has 2 heterocycles. The van der Waals surface area contributed by atoms with Crippen molar-refractivity contribution in [1.82, 2.24) is 5.32 Å². The fourth-order valence-electron chi connectivity index (χ4n) is 1.11. The van der Waals surface area contributed by atoms with Crippen molar-refractivity contribution < 1.29 is 0 Å². The van der Waals surface area contributed by atoms with Gasteiger partial charge >= 0.3 is 0 Å². The zero-order chi connectivity index (χ0) is 10.1. The van der Waals surface area contributed by atoms with Gasteiger partial charge in [0, 0.05) is 4.88 Å². The first-order valence-electron chi connectivity index (χ1n) is 3.77. The maximum absolute atomic E-state index is 5.93. The minimum absolute atomic E-state index is 0.115. The second kappa shape index (κ2) is 4.23. The predicted octanol–water partition coefficient (Wildman–Crippen LogP) is 3.79. The molecule has 14 heavy (non-hydrogen) atoms. The van der Waals surface area contributed by atoms with Crippen molar-refractivity contribution in [2.24, 2.45) is 4.99 Å². The molecule has 1 N–H and O–H groups in total. The van der Waals surface area contributed by atoms with Crippen LogP contribution in [0.3, 0.4) is 0 Å². The van der Waals surface area contributed by atoms with Crippen LogP contribution in [0.5, 0.6) is 0 Å². The first-order valence-corrected chi connectivity index (χ1v) is 6.20. The molecule has 0 fully saturated rings. The fraction of sp³-hybridized carbons (Fsp3) is 0.125. The summed E-state index contributed by atoms with van der Waals surface area (Å²) >= 11 is 16.7. The monoisotopic (exact) mass is 310 g/mol. The van der Waals surface area contributed by atoms with Gasteiger partial charge < -0.3 is 5.32 Å². The lowest BCUT2D eigenvalue weighted by Crippen LogP contribution is -2.21. The lowest BCUT2D eigenvalue weighted by molar-refractivity contribution is 0.881. The van der Waals surface area contributed by atoms with Crippen molar-refractivity contribution in [1.29, 1.82) is 0 Å². The Bertz CT molecular complexity index is 399. The quantitative estimate of drug-likeness (QED) is 0.784. The smallest absolute Gasteiger partial charge is 0.197 e. The number of nitrogens with one attached hydrogen (secondary N) is 1. The molecule has 2 nitrogen and oxygen atoms in total. The minimum Gasteiger partial charge on any atom is -0.320 e. The standard InChI is InChI=1S/C8H5BrCl2N2S/c9-5-6(4-2-1-3-14-4)12-8(11)13-7(5)10/h1-3,6H,(H,12,13). The summed E-state index contributed by atoms with van der Waals surface area (Å²) in [7, 11) is 0. The molecule has 1 aliphatic rings. The Hall–Kier alpha value is -0.0300. The van der Waals surface area contributed by atoms with E-state index in [1.54, 1.807) is 11.3 Å². The van der Waals surface area contributed by atoms with Crippen molar-refractivity contribution >= 4 is 55.8 Å². The molecular formula is C8H5BrCl2N2S. The second-order valence-corrected chi connectivity index (χ2v) is 5.19. The average molecular weight is 312 g/mol. The molecule has 0 amide bonds. The molecule has 1 aromatic rings. The molecule has 1 aliphatic heterocycles. The van der Waals surface area contributed by atoms with Gasteiger partial charge in [-0.1, -0.05) is 17.7 Å². The van der Waals surface area contributed by atoms with Crippen LogP contribution >= 0.6 is 50.5 Å². The van der Waals surface area contributed by atoms with Gasteiger partial charge in [-0.3, -0.25) is 0 Å². The van der Waals surface area contributed by atoms with E-state index in [0.29, 0.717) is 10.5 Å². The average Bonchev–Trinajstić information content (AvgIpc) is 2.63. The van der Waals surface area contributed by atoms with Crippen LogP contribution in [0.2, 0.25) is 0 Å². The second-order valence-electron chi connectivity index (χ2n) is 2.62. The topological polar surface area (TPSA) is 24.4 Å². The fourth-order valence-corrected chi connectivity index (χ4v) is 2.91. The van der Waals surface area contributed by atoms with Crippen LogP contribution in [0, 0.1) is 0 Å².